The molecule has 0 aliphatic carbocycles. The first-order chi connectivity index (χ1) is 14.6. The molecular formula is C24H34N2O4. The van der Waals surface area contributed by atoms with E-state index in [1.807, 2.05) is 25.1 Å². The molecule has 30 heavy (non-hydrogen) atoms. The summed E-state index contributed by atoms with van der Waals surface area (Å²) < 4.78 is 11.2. The number of piperidine rings is 2. The molecular weight excluding hydrogens is 380 g/mol. The molecule has 2 atom stereocenters. The van der Waals surface area contributed by atoms with E-state index in [1.165, 1.54) is 6.42 Å². The fourth-order valence-corrected chi connectivity index (χ4v) is 5.09. The van der Waals surface area contributed by atoms with E-state index in [4.69, 9.17) is 9.47 Å². The van der Waals surface area contributed by atoms with Crippen LogP contribution in [0, 0.1) is 5.92 Å². The number of carbonyl (C=O) groups is 2. The van der Waals surface area contributed by atoms with Crippen molar-refractivity contribution in [2.75, 3.05) is 32.8 Å². The Kier molecular flexibility index (Phi) is 6.61. The first-order valence-corrected chi connectivity index (χ1v) is 11.6. The van der Waals surface area contributed by atoms with Crippen LogP contribution in [0.3, 0.4) is 0 Å². The summed E-state index contributed by atoms with van der Waals surface area (Å²) in [4.78, 5) is 30.5. The number of ketones is 1. The van der Waals surface area contributed by atoms with Crippen LogP contribution in [0.25, 0.3) is 0 Å². The number of benzene rings is 1. The van der Waals surface area contributed by atoms with Gasteiger partial charge < -0.3 is 14.4 Å². The summed E-state index contributed by atoms with van der Waals surface area (Å²) >= 11 is 0. The van der Waals surface area contributed by atoms with Crippen LogP contribution in [-0.4, -0.2) is 66.4 Å². The van der Waals surface area contributed by atoms with Gasteiger partial charge in [0.25, 0.3) is 0 Å². The number of hydrogen-bond donors (Lipinski definition) is 0. The van der Waals surface area contributed by atoms with Crippen LogP contribution in [0.2, 0.25) is 0 Å². The van der Waals surface area contributed by atoms with Crippen LogP contribution in [0.1, 0.15) is 62.7 Å². The topological polar surface area (TPSA) is 59.1 Å². The molecule has 1 aromatic rings. The van der Waals surface area contributed by atoms with Crippen molar-refractivity contribution in [1.29, 1.82) is 0 Å². The van der Waals surface area contributed by atoms with Crippen molar-refractivity contribution in [3.05, 3.63) is 23.8 Å². The predicted octanol–water partition coefficient (Wildman–Crippen LogP) is 3.53. The zero-order valence-electron chi connectivity index (χ0n) is 18.3. The summed E-state index contributed by atoms with van der Waals surface area (Å²) in [6.07, 6.45) is 6.08. The highest BCUT2D eigenvalue weighted by Gasteiger charge is 2.34. The lowest BCUT2D eigenvalue weighted by Gasteiger charge is -2.41. The van der Waals surface area contributed by atoms with E-state index >= 15 is 0 Å². The summed E-state index contributed by atoms with van der Waals surface area (Å²) in [6.45, 7) is 7.75. The van der Waals surface area contributed by atoms with E-state index in [-0.39, 0.29) is 23.7 Å². The second kappa shape index (κ2) is 9.38. The Hall–Kier alpha value is -2.08. The fraction of sp³-hybridized carbons (Fsp3) is 0.667. The van der Waals surface area contributed by atoms with Gasteiger partial charge in [0, 0.05) is 24.1 Å². The number of rotatable bonds is 5. The minimum Gasteiger partial charge on any atom is -0.486 e. The predicted molar refractivity (Wildman–Crippen MR) is 115 cm³/mol. The van der Waals surface area contributed by atoms with Gasteiger partial charge >= 0.3 is 0 Å². The maximum Gasteiger partial charge on any atom is 0.239 e. The minimum absolute atomic E-state index is 0.00416. The molecule has 0 bridgehead atoms. The molecule has 3 aliphatic rings. The molecule has 164 valence electrons. The molecule has 0 aromatic heterocycles. The number of fused-ring (bicyclic) bond motifs is 1. The smallest absolute Gasteiger partial charge is 0.239 e. The van der Waals surface area contributed by atoms with E-state index < -0.39 is 0 Å². The first kappa shape index (κ1) is 21.2. The van der Waals surface area contributed by atoms with E-state index in [0.29, 0.717) is 36.3 Å². The largest absolute Gasteiger partial charge is 0.486 e. The minimum atomic E-state index is -0.109. The van der Waals surface area contributed by atoms with Crippen molar-refractivity contribution >= 4 is 11.7 Å². The summed E-state index contributed by atoms with van der Waals surface area (Å²) in [5, 5.41) is 0. The van der Waals surface area contributed by atoms with Crippen LogP contribution in [0.5, 0.6) is 11.5 Å². The fourth-order valence-electron chi connectivity index (χ4n) is 5.09. The molecule has 4 rings (SSSR count). The Balaban J connectivity index is 1.34. The number of hydrogen-bond acceptors (Lipinski definition) is 5. The molecule has 3 aliphatic heterocycles. The lowest BCUT2D eigenvalue weighted by Crippen LogP contribution is -2.53. The van der Waals surface area contributed by atoms with Gasteiger partial charge in [0.2, 0.25) is 5.91 Å². The van der Waals surface area contributed by atoms with Crippen LogP contribution in [0.15, 0.2) is 18.2 Å². The monoisotopic (exact) mass is 414 g/mol. The van der Waals surface area contributed by atoms with Gasteiger partial charge in [-0.1, -0.05) is 6.92 Å². The Morgan fingerprint density at radius 3 is 2.50 bits per heavy atom. The van der Waals surface area contributed by atoms with Gasteiger partial charge in [0.15, 0.2) is 17.3 Å². The highest BCUT2D eigenvalue weighted by Crippen LogP contribution is 2.33. The third kappa shape index (κ3) is 4.34. The number of amides is 1. The first-order valence-electron chi connectivity index (χ1n) is 11.6. The standard InChI is InChI=1S/C24H34N2O4/c1-3-20-6-4-5-11-26(20)24(28)17(2)25-12-9-18(10-13-25)23(27)19-7-8-21-22(16-19)30-15-14-29-21/h7-8,16-18,20H,3-6,9-15H2,1-2H3/t17-,20-/m0/s1. The van der Waals surface area contributed by atoms with Crippen molar-refractivity contribution in [2.24, 2.45) is 5.92 Å². The van der Waals surface area contributed by atoms with Crippen molar-refractivity contribution in [2.45, 2.75) is 64.5 Å². The third-order valence-corrected chi connectivity index (χ3v) is 7.01. The Bertz CT molecular complexity index is 772. The second-order valence-corrected chi connectivity index (χ2v) is 8.80. The van der Waals surface area contributed by atoms with Crippen molar-refractivity contribution in [1.82, 2.24) is 9.80 Å². The average Bonchev–Trinajstić information content (AvgIpc) is 2.82. The molecule has 0 radical (unpaired) electrons. The molecule has 0 N–H and O–H groups in total. The van der Waals surface area contributed by atoms with Gasteiger partial charge in [-0.2, -0.15) is 0 Å². The number of Topliss-reactive ketones (excluding diaryl/α,β-unsaturated/α-hetero) is 1. The van der Waals surface area contributed by atoms with E-state index in [9.17, 15) is 9.59 Å². The molecule has 6 heteroatoms. The van der Waals surface area contributed by atoms with Crippen molar-refractivity contribution in [3.63, 3.8) is 0 Å². The quantitative estimate of drug-likeness (QED) is 0.690. The van der Waals surface area contributed by atoms with Gasteiger partial charge in [-0.05, 0) is 76.7 Å². The number of ether oxygens (including phenoxy) is 2. The van der Waals surface area contributed by atoms with Crippen molar-refractivity contribution < 1.29 is 19.1 Å². The van der Waals surface area contributed by atoms with Crippen LogP contribution < -0.4 is 9.47 Å². The van der Waals surface area contributed by atoms with E-state index in [1.54, 1.807) is 0 Å². The van der Waals surface area contributed by atoms with Gasteiger partial charge in [-0.3, -0.25) is 14.5 Å². The highest BCUT2D eigenvalue weighted by molar-refractivity contribution is 5.98. The Labute approximate surface area is 179 Å². The molecule has 3 heterocycles. The van der Waals surface area contributed by atoms with Gasteiger partial charge in [0.1, 0.15) is 13.2 Å². The second-order valence-electron chi connectivity index (χ2n) is 8.80. The molecule has 0 unspecified atom stereocenters. The van der Waals surface area contributed by atoms with Crippen LogP contribution in [0.4, 0.5) is 0 Å². The van der Waals surface area contributed by atoms with Gasteiger partial charge in [-0.25, -0.2) is 0 Å². The average molecular weight is 415 g/mol. The zero-order valence-corrected chi connectivity index (χ0v) is 18.3. The molecule has 2 saturated heterocycles. The van der Waals surface area contributed by atoms with Crippen LogP contribution in [-0.2, 0) is 4.79 Å². The Morgan fingerprint density at radius 1 is 1.03 bits per heavy atom. The number of carbonyl (C=O) groups excluding carboxylic acids is 2. The normalized spacial score (nSPS) is 23.8. The van der Waals surface area contributed by atoms with Crippen LogP contribution >= 0.6 is 0 Å². The summed E-state index contributed by atoms with van der Waals surface area (Å²) in [5.74, 6) is 1.81. The highest BCUT2D eigenvalue weighted by atomic mass is 16.6. The summed E-state index contributed by atoms with van der Waals surface area (Å²) in [7, 11) is 0. The summed E-state index contributed by atoms with van der Waals surface area (Å²) in [6, 6.07) is 5.78. The molecule has 0 spiro atoms. The summed E-state index contributed by atoms with van der Waals surface area (Å²) in [5.41, 5.74) is 0.695. The van der Waals surface area contributed by atoms with Gasteiger partial charge in [0.05, 0.1) is 6.04 Å². The molecule has 1 amide bonds. The zero-order chi connectivity index (χ0) is 21.1. The maximum atomic E-state index is 13.1. The van der Waals surface area contributed by atoms with E-state index in [0.717, 1.165) is 51.7 Å². The van der Waals surface area contributed by atoms with Gasteiger partial charge in [-0.15, -0.1) is 0 Å². The lowest BCUT2D eigenvalue weighted by molar-refractivity contribution is -0.140. The SMILES string of the molecule is CC[C@H]1CCCCN1C(=O)[C@H](C)N1CCC(C(=O)c2ccc3c(c2)OCCO3)CC1. The van der Waals surface area contributed by atoms with Crippen molar-refractivity contribution in [3.8, 4) is 11.5 Å². The molecule has 0 saturated carbocycles. The van der Waals surface area contributed by atoms with E-state index in [2.05, 4.69) is 16.7 Å². The number of nitrogens with zero attached hydrogens (tertiary/aromatic N) is 2. The molecule has 2 fully saturated rings. The third-order valence-electron chi connectivity index (χ3n) is 7.01. The molecule has 6 nitrogen and oxygen atoms in total. The molecule has 1 aromatic carbocycles. The maximum absolute atomic E-state index is 13.1. The Morgan fingerprint density at radius 2 is 1.77 bits per heavy atom. The number of likely N-dealkylation sites (tertiary alicyclic amines) is 2. The lowest BCUT2D eigenvalue weighted by atomic mass is 9.88.